The molecule has 5 rings (SSSR count). The fourth-order valence-corrected chi connectivity index (χ4v) is 5.66. The number of benzene rings is 1. The molecule has 1 amide bonds. The summed E-state index contributed by atoms with van der Waals surface area (Å²) in [5, 5.41) is 11.9. The van der Waals surface area contributed by atoms with Crippen molar-refractivity contribution in [1.29, 1.82) is 5.26 Å². The maximum atomic E-state index is 13.4. The first-order valence-electron chi connectivity index (χ1n) is 13.1. The molecule has 1 aromatic carbocycles. The molecule has 0 bridgehead atoms. The van der Waals surface area contributed by atoms with Crippen LogP contribution in [-0.4, -0.2) is 51.1 Å². The number of amides is 1. The van der Waals surface area contributed by atoms with Crippen molar-refractivity contribution in [2.24, 2.45) is 0 Å². The van der Waals surface area contributed by atoms with Gasteiger partial charge < -0.3 is 14.5 Å². The molecule has 4 aromatic rings. The number of likely N-dealkylation sites (tertiary alicyclic amines) is 1. The highest BCUT2D eigenvalue weighted by Crippen LogP contribution is 2.36. The lowest BCUT2D eigenvalue weighted by molar-refractivity contribution is 0.0205. The Morgan fingerprint density at radius 3 is 2.58 bits per heavy atom. The summed E-state index contributed by atoms with van der Waals surface area (Å²) in [7, 11) is 1.92. The molecule has 1 aliphatic rings. The van der Waals surface area contributed by atoms with E-state index in [1.54, 1.807) is 23.1 Å². The molecule has 1 saturated heterocycles. The van der Waals surface area contributed by atoms with E-state index in [2.05, 4.69) is 18.3 Å². The standard InChI is InChI=1S/C30H31FN6O2S/c1-30(2,3)39-29(38)36-16-13-20(14-17-36)22-9-12-26-33-24(6-5-15-32)27(37(26)18-22)35(4)28-34-25(19-40-28)21-7-10-23(31)11-8-21/h5-12,18-20H,13-14,16-17H2,1-4H3. The predicted octanol–water partition coefficient (Wildman–Crippen LogP) is 7.02. The van der Waals surface area contributed by atoms with Crippen LogP contribution in [0.15, 0.2) is 54.1 Å². The van der Waals surface area contributed by atoms with Crippen molar-refractivity contribution in [3.8, 4) is 17.3 Å². The molecule has 3 aromatic heterocycles. The van der Waals surface area contributed by atoms with Crippen LogP contribution in [0, 0.1) is 17.1 Å². The van der Waals surface area contributed by atoms with Gasteiger partial charge in [-0.1, -0.05) is 6.07 Å². The van der Waals surface area contributed by atoms with Gasteiger partial charge in [0.05, 0.1) is 11.8 Å². The fraction of sp³-hybridized carbons (Fsp3) is 0.333. The number of imidazole rings is 1. The Labute approximate surface area is 237 Å². The van der Waals surface area contributed by atoms with Crippen LogP contribution in [0.2, 0.25) is 0 Å². The van der Waals surface area contributed by atoms with Crippen LogP contribution >= 0.6 is 11.3 Å². The fourth-order valence-electron chi connectivity index (χ4n) is 4.85. The van der Waals surface area contributed by atoms with E-state index in [4.69, 9.17) is 14.7 Å². The van der Waals surface area contributed by atoms with Crippen molar-refractivity contribution in [3.05, 3.63) is 71.1 Å². The summed E-state index contributed by atoms with van der Waals surface area (Å²) in [4.78, 5) is 25.8. The molecule has 0 unspecified atom stereocenters. The summed E-state index contributed by atoms with van der Waals surface area (Å²) >= 11 is 1.48. The second kappa shape index (κ2) is 11.1. The average Bonchev–Trinajstić information content (AvgIpc) is 3.56. The summed E-state index contributed by atoms with van der Waals surface area (Å²) in [5.74, 6) is 0.781. The van der Waals surface area contributed by atoms with Crippen LogP contribution in [0.1, 0.15) is 50.8 Å². The zero-order valence-electron chi connectivity index (χ0n) is 23.0. The Morgan fingerprint density at radius 2 is 1.90 bits per heavy atom. The molecule has 4 heterocycles. The first-order valence-corrected chi connectivity index (χ1v) is 14.0. The molecular formula is C30H31FN6O2S. The van der Waals surface area contributed by atoms with Crippen LogP contribution in [0.3, 0.4) is 0 Å². The van der Waals surface area contributed by atoms with Crippen molar-refractivity contribution >= 4 is 40.1 Å². The van der Waals surface area contributed by atoms with Crippen molar-refractivity contribution in [2.75, 3.05) is 25.0 Å². The number of hydrogen-bond acceptors (Lipinski definition) is 7. The normalized spacial score (nSPS) is 14.6. The van der Waals surface area contributed by atoms with Crippen LogP contribution < -0.4 is 4.90 Å². The van der Waals surface area contributed by atoms with Gasteiger partial charge in [-0.15, -0.1) is 11.3 Å². The van der Waals surface area contributed by atoms with Crippen LogP contribution in [0.25, 0.3) is 23.0 Å². The summed E-state index contributed by atoms with van der Waals surface area (Å²) in [5.41, 5.74) is 3.64. The lowest BCUT2D eigenvalue weighted by Gasteiger charge is -2.33. The molecule has 0 N–H and O–H groups in total. The van der Waals surface area contributed by atoms with Gasteiger partial charge in [0.1, 0.15) is 28.6 Å². The minimum Gasteiger partial charge on any atom is -0.444 e. The van der Waals surface area contributed by atoms with Gasteiger partial charge in [-0.05, 0) is 81.5 Å². The molecule has 1 aliphatic heterocycles. The second-order valence-electron chi connectivity index (χ2n) is 10.8. The zero-order chi connectivity index (χ0) is 28.4. The second-order valence-corrected chi connectivity index (χ2v) is 11.6. The molecule has 0 atom stereocenters. The average molecular weight is 559 g/mol. The predicted molar refractivity (Wildman–Crippen MR) is 155 cm³/mol. The van der Waals surface area contributed by atoms with Crippen LogP contribution in [0.4, 0.5) is 20.1 Å². The molecule has 10 heteroatoms. The van der Waals surface area contributed by atoms with Crippen molar-refractivity contribution < 1.29 is 13.9 Å². The number of halogens is 1. The van der Waals surface area contributed by atoms with E-state index in [1.165, 1.54) is 29.5 Å². The van der Waals surface area contributed by atoms with E-state index in [0.717, 1.165) is 46.3 Å². The lowest BCUT2D eigenvalue weighted by Crippen LogP contribution is -2.41. The van der Waals surface area contributed by atoms with Crippen molar-refractivity contribution in [1.82, 2.24) is 19.3 Å². The van der Waals surface area contributed by atoms with Crippen molar-refractivity contribution in [2.45, 2.75) is 45.1 Å². The number of thiazole rings is 1. The molecule has 8 nitrogen and oxygen atoms in total. The van der Waals surface area contributed by atoms with Gasteiger partial charge in [-0.2, -0.15) is 5.26 Å². The van der Waals surface area contributed by atoms with E-state index in [0.29, 0.717) is 18.8 Å². The van der Waals surface area contributed by atoms with E-state index >= 15 is 0 Å². The third kappa shape index (κ3) is 5.84. The maximum Gasteiger partial charge on any atom is 0.410 e. The van der Waals surface area contributed by atoms with Gasteiger partial charge in [0.2, 0.25) is 0 Å². The minimum absolute atomic E-state index is 0.266. The minimum atomic E-state index is -0.516. The number of piperidine rings is 1. The number of allylic oxidation sites excluding steroid dienone is 1. The molecule has 206 valence electrons. The quantitative estimate of drug-likeness (QED) is 0.245. The molecule has 1 fully saturated rings. The number of nitriles is 1. The van der Waals surface area contributed by atoms with Gasteiger partial charge >= 0.3 is 6.09 Å². The van der Waals surface area contributed by atoms with Gasteiger partial charge in [-0.3, -0.25) is 4.40 Å². The number of carbonyl (C=O) groups is 1. The Bertz CT molecular complexity index is 1590. The van der Waals surface area contributed by atoms with Gasteiger partial charge in [0.15, 0.2) is 5.13 Å². The summed E-state index contributed by atoms with van der Waals surface area (Å²) < 4.78 is 21.0. The number of aromatic nitrogens is 3. The molecule has 0 saturated carbocycles. The Kier molecular flexibility index (Phi) is 7.59. The number of ether oxygens (including phenoxy) is 1. The van der Waals surface area contributed by atoms with E-state index in [1.807, 2.05) is 48.6 Å². The van der Waals surface area contributed by atoms with E-state index < -0.39 is 5.60 Å². The summed E-state index contributed by atoms with van der Waals surface area (Å²) in [6.07, 6.45) is 6.61. The smallest absolute Gasteiger partial charge is 0.410 e. The third-order valence-corrected chi connectivity index (χ3v) is 7.73. The van der Waals surface area contributed by atoms with Crippen LogP contribution in [-0.2, 0) is 4.74 Å². The molecule has 0 radical (unpaired) electrons. The zero-order valence-corrected chi connectivity index (χ0v) is 23.8. The monoisotopic (exact) mass is 558 g/mol. The van der Waals surface area contributed by atoms with Gasteiger partial charge in [0.25, 0.3) is 0 Å². The van der Waals surface area contributed by atoms with Crippen LogP contribution in [0.5, 0.6) is 0 Å². The number of hydrogen-bond donors (Lipinski definition) is 0. The number of pyridine rings is 1. The number of nitrogens with zero attached hydrogens (tertiary/aromatic N) is 6. The SMILES string of the molecule is CN(c1nc(-c2ccc(F)cc2)cs1)c1c(C=CC#N)nc2ccc(C3CCN(C(=O)OC(C)(C)C)CC3)cn12. The molecule has 0 spiro atoms. The Morgan fingerprint density at radius 1 is 1.18 bits per heavy atom. The van der Waals surface area contributed by atoms with E-state index in [9.17, 15) is 14.4 Å². The largest absolute Gasteiger partial charge is 0.444 e. The summed E-state index contributed by atoms with van der Waals surface area (Å²) in [6, 6.07) is 12.4. The molecular weight excluding hydrogens is 527 g/mol. The van der Waals surface area contributed by atoms with Gasteiger partial charge in [-0.25, -0.2) is 19.2 Å². The highest BCUT2D eigenvalue weighted by molar-refractivity contribution is 7.14. The number of fused-ring (bicyclic) bond motifs is 1. The highest BCUT2D eigenvalue weighted by Gasteiger charge is 2.28. The lowest BCUT2D eigenvalue weighted by atomic mass is 9.90. The first-order chi connectivity index (χ1) is 19.1. The number of anilines is 2. The number of rotatable bonds is 5. The molecule has 40 heavy (non-hydrogen) atoms. The number of carbonyl (C=O) groups excluding carboxylic acids is 1. The van der Waals surface area contributed by atoms with Gasteiger partial charge in [0, 0.05) is 43.4 Å². The maximum absolute atomic E-state index is 13.4. The Balaban J connectivity index is 1.43. The highest BCUT2D eigenvalue weighted by atomic mass is 32.1. The molecule has 0 aliphatic carbocycles. The van der Waals surface area contributed by atoms with E-state index in [-0.39, 0.29) is 17.8 Å². The summed E-state index contributed by atoms with van der Waals surface area (Å²) in [6.45, 7) is 6.90. The third-order valence-electron chi connectivity index (χ3n) is 6.81. The topological polar surface area (TPSA) is 86.8 Å². The first kappa shape index (κ1) is 27.3. The Hall–Kier alpha value is -4.23. The van der Waals surface area contributed by atoms with Crippen molar-refractivity contribution in [3.63, 3.8) is 0 Å².